The molecule has 1 amide bonds. The summed E-state index contributed by atoms with van der Waals surface area (Å²) in [6.07, 6.45) is 3.73. The van der Waals surface area contributed by atoms with Crippen LogP contribution in [0.15, 0.2) is 36.4 Å². The second-order valence-corrected chi connectivity index (χ2v) is 10.2. The van der Waals surface area contributed by atoms with E-state index in [1.54, 1.807) is 0 Å². The molecule has 0 bridgehead atoms. The Balaban J connectivity index is 1.67. The highest BCUT2D eigenvalue weighted by atomic mass is 19.4. The van der Waals surface area contributed by atoms with Crippen LogP contribution in [0.25, 0.3) is 5.57 Å². The van der Waals surface area contributed by atoms with Crippen LogP contribution in [0.5, 0.6) is 0 Å². The molecule has 1 aromatic carbocycles. The van der Waals surface area contributed by atoms with Crippen LogP contribution in [0.4, 0.5) is 18.9 Å². The van der Waals surface area contributed by atoms with Gasteiger partial charge < -0.3 is 5.32 Å². The van der Waals surface area contributed by atoms with Crippen LogP contribution in [0.2, 0.25) is 0 Å². The number of anilines is 1. The van der Waals surface area contributed by atoms with Crippen molar-refractivity contribution in [3.63, 3.8) is 0 Å². The quantitative estimate of drug-likeness (QED) is 0.399. The van der Waals surface area contributed by atoms with Crippen molar-refractivity contribution >= 4 is 17.2 Å². The summed E-state index contributed by atoms with van der Waals surface area (Å²) in [4.78, 5) is 12.5. The standard InChI is InChI=1S/C25H30F3NO/c1-15-6-11-21-23(2,3)12-5-13-24(21,4)19(15)9-8-17-18-14-16(25(26,27)28)7-10-20(18)29-22(17)30/h7-8,10,14,19,21H,1,5-6,9,11-13H2,2-4H3,(H,29,30)/b17-8-/t19-,21-,24+/m0/s1. The highest BCUT2D eigenvalue weighted by molar-refractivity contribution is 6.31. The number of fused-ring (bicyclic) bond motifs is 2. The van der Waals surface area contributed by atoms with Crippen molar-refractivity contribution in [1.82, 2.24) is 0 Å². The van der Waals surface area contributed by atoms with Gasteiger partial charge >= 0.3 is 6.18 Å². The maximum Gasteiger partial charge on any atom is 0.416 e. The first-order valence-electron chi connectivity index (χ1n) is 10.8. The van der Waals surface area contributed by atoms with Gasteiger partial charge in [0.25, 0.3) is 5.91 Å². The fourth-order valence-corrected chi connectivity index (χ4v) is 6.51. The number of hydrogen-bond donors (Lipinski definition) is 1. The molecule has 2 aliphatic carbocycles. The summed E-state index contributed by atoms with van der Waals surface area (Å²) in [6.45, 7) is 11.4. The fraction of sp³-hybridized carbons (Fsp3) is 0.560. The largest absolute Gasteiger partial charge is 0.416 e. The highest BCUT2D eigenvalue weighted by Crippen LogP contribution is 2.61. The number of hydrogen-bond acceptors (Lipinski definition) is 1. The third-order valence-corrected chi connectivity index (χ3v) is 8.01. The Bertz CT molecular complexity index is 927. The lowest BCUT2D eigenvalue weighted by atomic mass is 9.47. The summed E-state index contributed by atoms with van der Waals surface area (Å²) in [5, 5.41) is 2.71. The second-order valence-electron chi connectivity index (χ2n) is 10.2. The molecule has 4 rings (SSSR count). The summed E-state index contributed by atoms with van der Waals surface area (Å²) < 4.78 is 39.5. The Hall–Kier alpha value is -2.04. The molecule has 2 fully saturated rings. The molecule has 0 aromatic heterocycles. The van der Waals surface area contributed by atoms with E-state index in [0.29, 0.717) is 29.2 Å². The molecule has 1 aromatic rings. The van der Waals surface area contributed by atoms with E-state index in [4.69, 9.17) is 0 Å². The number of halogens is 3. The number of benzene rings is 1. The summed E-state index contributed by atoms with van der Waals surface area (Å²) in [5.41, 5.74) is 2.02. The average Bonchev–Trinajstić information content (AvgIpc) is 2.94. The number of amides is 1. The van der Waals surface area contributed by atoms with Gasteiger partial charge in [0.1, 0.15) is 0 Å². The van der Waals surface area contributed by atoms with Gasteiger partial charge in [-0.25, -0.2) is 0 Å². The Morgan fingerprint density at radius 2 is 1.97 bits per heavy atom. The van der Waals surface area contributed by atoms with Gasteiger partial charge in [-0.1, -0.05) is 45.4 Å². The van der Waals surface area contributed by atoms with E-state index >= 15 is 0 Å². The van der Waals surface area contributed by atoms with Crippen molar-refractivity contribution in [2.24, 2.45) is 22.7 Å². The summed E-state index contributed by atoms with van der Waals surface area (Å²) in [5.74, 6) is 0.511. The number of carbonyl (C=O) groups excluding carboxylic acids is 1. The van der Waals surface area contributed by atoms with Crippen LogP contribution in [0, 0.1) is 22.7 Å². The van der Waals surface area contributed by atoms with E-state index < -0.39 is 11.7 Å². The number of carbonyl (C=O) groups is 1. The molecule has 0 unspecified atom stereocenters. The monoisotopic (exact) mass is 417 g/mol. The molecule has 0 radical (unpaired) electrons. The molecule has 3 aliphatic rings. The Morgan fingerprint density at radius 3 is 2.67 bits per heavy atom. The molecule has 2 saturated carbocycles. The predicted octanol–water partition coefficient (Wildman–Crippen LogP) is 7.23. The summed E-state index contributed by atoms with van der Waals surface area (Å²) in [7, 11) is 0. The van der Waals surface area contributed by atoms with Crippen molar-refractivity contribution in [2.45, 2.75) is 65.5 Å². The van der Waals surface area contributed by atoms with Gasteiger partial charge in [0.05, 0.1) is 5.56 Å². The smallest absolute Gasteiger partial charge is 0.321 e. The van der Waals surface area contributed by atoms with Crippen molar-refractivity contribution in [2.75, 3.05) is 5.32 Å². The predicted molar refractivity (Wildman–Crippen MR) is 114 cm³/mol. The van der Waals surface area contributed by atoms with Gasteiger partial charge in [-0.2, -0.15) is 13.2 Å². The van der Waals surface area contributed by atoms with Gasteiger partial charge in [0.2, 0.25) is 0 Å². The van der Waals surface area contributed by atoms with E-state index in [-0.39, 0.29) is 22.7 Å². The minimum absolute atomic E-state index is 0.111. The fourth-order valence-electron chi connectivity index (χ4n) is 6.51. The van der Waals surface area contributed by atoms with Crippen molar-refractivity contribution in [3.8, 4) is 0 Å². The van der Waals surface area contributed by atoms with Crippen LogP contribution in [0.3, 0.4) is 0 Å². The van der Waals surface area contributed by atoms with E-state index in [2.05, 4.69) is 32.7 Å². The van der Waals surface area contributed by atoms with Crippen LogP contribution in [-0.4, -0.2) is 5.91 Å². The molecule has 0 spiro atoms. The third-order valence-electron chi connectivity index (χ3n) is 8.01. The first-order valence-corrected chi connectivity index (χ1v) is 10.8. The lowest BCUT2D eigenvalue weighted by molar-refractivity contribution is -0.137. The van der Waals surface area contributed by atoms with Gasteiger partial charge in [0.15, 0.2) is 0 Å². The number of rotatable bonds is 2. The van der Waals surface area contributed by atoms with Crippen LogP contribution < -0.4 is 5.32 Å². The number of allylic oxidation sites excluding steroid dienone is 2. The van der Waals surface area contributed by atoms with E-state index in [1.807, 2.05) is 6.08 Å². The Morgan fingerprint density at radius 1 is 1.23 bits per heavy atom. The topological polar surface area (TPSA) is 29.1 Å². The Kier molecular flexibility index (Phi) is 4.94. The molecule has 1 heterocycles. The minimum Gasteiger partial charge on any atom is -0.321 e. The molecule has 162 valence electrons. The number of nitrogens with one attached hydrogen (secondary N) is 1. The minimum atomic E-state index is -4.43. The third kappa shape index (κ3) is 3.40. The SMILES string of the molecule is C=C1CC[C@H]2C(C)(C)CCC[C@]2(C)[C@H]1C/C=C1\C(=O)Nc2ccc(C(F)(F)F)cc21. The van der Waals surface area contributed by atoms with Gasteiger partial charge in [-0.15, -0.1) is 0 Å². The molecular formula is C25H30F3NO. The summed E-state index contributed by atoms with van der Waals surface area (Å²) in [6, 6.07) is 3.45. The molecule has 3 atom stereocenters. The van der Waals surface area contributed by atoms with Crippen LogP contribution in [-0.2, 0) is 11.0 Å². The van der Waals surface area contributed by atoms with Crippen molar-refractivity contribution < 1.29 is 18.0 Å². The van der Waals surface area contributed by atoms with Crippen LogP contribution >= 0.6 is 0 Å². The van der Waals surface area contributed by atoms with E-state index in [1.165, 1.54) is 24.5 Å². The lowest BCUT2D eigenvalue weighted by Crippen LogP contribution is -2.49. The highest BCUT2D eigenvalue weighted by Gasteiger charge is 2.52. The zero-order chi connectivity index (χ0) is 21.9. The second kappa shape index (κ2) is 7.00. The van der Waals surface area contributed by atoms with Gasteiger partial charge in [-0.05, 0) is 73.0 Å². The van der Waals surface area contributed by atoms with Gasteiger partial charge in [0, 0.05) is 16.8 Å². The van der Waals surface area contributed by atoms with Crippen LogP contribution in [0.1, 0.15) is 70.4 Å². The first kappa shape index (κ1) is 21.2. The average molecular weight is 418 g/mol. The molecule has 1 N–H and O–H groups in total. The number of alkyl halides is 3. The maximum atomic E-state index is 13.2. The molecular weight excluding hydrogens is 387 g/mol. The molecule has 0 saturated heterocycles. The van der Waals surface area contributed by atoms with Crippen molar-refractivity contribution in [3.05, 3.63) is 47.6 Å². The first-order chi connectivity index (χ1) is 13.9. The summed E-state index contributed by atoms with van der Waals surface area (Å²) >= 11 is 0. The zero-order valence-corrected chi connectivity index (χ0v) is 18.0. The van der Waals surface area contributed by atoms with E-state index in [9.17, 15) is 18.0 Å². The molecule has 5 heteroatoms. The lowest BCUT2D eigenvalue weighted by Gasteiger charge is -2.58. The zero-order valence-electron chi connectivity index (χ0n) is 18.0. The Labute approximate surface area is 176 Å². The van der Waals surface area contributed by atoms with Crippen molar-refractivity contribution in [1.29, 1.82) is 0 Å². The molecule has 1 aliphatic heterocycles. The van der Waals surface area contributed by atoms with E-state index in [0.717, 1.165) is 31.4 Å². The molecule has 2 nitrogen and oxygen atoms in total. The normalized spacial score (nSPS) is 32.0. The van der Waals surface area contributed by atoms with Gasteiger partial charge in [-0.3, -0.25) is 4.79 Å². The maximum absolute atomic E-state index is 13.2. The molecule has 30 heavy (non-hydrogen) atoms.